The predicted molar refractivity (Wildman–Crippen MR) is 109 cm³/mol. The van der Waals surface area contributed by atoms with Gasteiger partial charge in [0.05, 0.1) is 11.0 Å². The van der Waals surface area contributed by atoms with E-state index in [1.54, 1.807) is 18.7 Å². The number of rotatable bonds is 7. The molecule has 1 atom stereocenters. The van der Waals surface area contributed by atoms with Crippen LogP contribution in [0.4, 0.5) is 11.4 Å². The molecule has 0 aromatic heterocycles. The van der Waals surface area contributed by atoms with Crippen molar-refractivity contribution in [3.63, 3.8) is 0 Å². The number of aryl methyl sites for hydroxylation is 1. The summed E-state index contributed by atoms with van der Waals surface area (Å²) in [5.41, 5.74) is 2.67. The first-order valence-electron chi connectivity index (χ1n) is 7.91. The van der Waals surface area contributed by atoms with Gasteiger partial charge >= 0.3 is 0 Å². The lowest BCUT2D eigenvalue weighted by molar-refractivity contribution is -0.115. The third-order valence-electron chi connectivity index (χ3n) is 3.53. The molecule has 0 aliphatic carbocycles. The van der Waals surface area contributed by atoms with Crippen molar-refractivity contribution in [3.05, 3.63) is 54.1 Å². The molecule has 0 radical (unpaired) electrons. The van der Waals surface area contributed by atoms with Gasteiger partial charge in [0.1, 0.15) is 0 Å². The number of carbonyl (C=O) groups is 2. The Labute approximate surface area is 157 Å². The van der Waals surface area contributed by atoms with Crippen molar-refractivity contribution in [1.82, 2.24) is 0 Å². The van der Waals surface area contributed by atoms with Gasteiger partial charge in [0.25, 0.3) is 0 Å². The standard InChI is InChI=1S/C19H22N2O2S2/c1-13-4-6-15(7-5-13)20-18(22)12-25-14(2)19(23)21-16-8-10-17(24-3)11-9-16/h4-11,14H,12H2,1-3H3,(H,20,22)(H,21,23)/t14-/m1/s1. The second-order valence-electron chi connectivity index (χ2n) is 5.59. The van der Waals surface area contributed by atoms with Crippen LogP contribution in [-0.2, 0) is 9.59 Å². The topological polar surface area (TPSA) is 58.2 Å². The lowest BCUT2D eigenvalue weighted by Gasteiger charge is -2.12. The fraction of sp³-hybridized carbons (Fsp3) is 0.263. The number of hydrogen-bond donors (Lipinski definition) is 2. The molecule has 0 aliphatic heterocycles. The summed E-state index contributed by atoms with van der Waals surface area (Å²) >= 11 is 2.97. The summed E-state index contributed by atoms with van der Waals surface area (Å²) in [6, 6.07) is 15.3. The summed E-state index contributed by atoms with van der Waals surface area (Å²) in [6.07, 6.45) is 2.01. The van der Waals surface area contributed by atoms with Crippen LogP contribution < -0.4 is 10.6 Å². The molecule has 0 heterocycles. The minimum atomic E-state index is -0.316. The summed E-state index contributed by atoms with van der Waals surface area (Å²) < 4.78 is 0. The fourth-order valence-electron chi connectivity index (χ4n) is 2.03. The van der Waals surface area contributed by atoms with E-state index < -0.39 is 0 Å². The number of anilines is 2. The van der Waals surface area contributed by atoms with Gasteiger partial charge in [-0.3, -0.25) is 9.59 Å². The van der Waals surface area contributed by atoms with Crippen LogP contribution >= 0.6 is 23.5 Å². The lowest BCUT2D eigenvalue weighted by Crippen LogP contribution is -2.25. The molecule has 2 N–H and O–H groups in total. The molecule has 0 spiro atoms. The van der Waals surface area contributed by atoms with Crippen molar-refractivity contribution >= 4 is 46.7 Å². The Morgan fingerprint density at radius 2 is 1.52 bits per heavy atom. The summed E-state index contributed by atoms with van der Waals surface area (Å²) in [6.45, 7) is 3.80. The summed E-state index contributed by atoms with van der Waals surface area (Å²) in [5, 5.41) is 5.39. The average Bonchev–Trinajstić information content (AvgIpc) is 2.62. The first kappa shape index (κ1) is 19.4. The minimum Gasteiger partial charge on any atom is -0.325 e. The van der Waals surface area contributed by atoms with Crippen LogP contribution in [0.15, 0.2) is 53.4 Å². The van der Waals surface area contributed by atoms with Gasteiger partial charge in [-0.15, -0.1) is 23.5 Å². The number of benzene rings is 2. The van der Waals surface area contributed by atoms with Crippen LogP contribution in [0.2, 0.25) is 0 Å². The summed E-state index contributed by atoms with van der Waals surface area (Å²) in [5.74, 6) is 0.0105. The molecule has 25 heavy (non-hydrogen) atoms. The Kier molecular flexibility index (Phi) is 7.40. The molecule has 0 saturated carbocycles. The monoisotopic (exact) mass is 374 g/mol. The molecule has 0 aliphatic rings. The van der Waals surface area contributed by atoms with Crippen LogP contribution in [0.5, 0.6) is 0 Å². The third-order valence-corrected chi connectivity index (χ3v) is 5.41. The number of carbonyl (C=O) groups excluding carboxylic acids is 2. The molecule has 2 aromatic rings. The second kappa shape index (κ2) is 9.53. The molecule has 2 amide bonds. The summed E-state index contributed by atoms with van der Waals surface area (Å²) in [4.78, 5) is 25.3. The number of hydrogen-bond acceptors (Lipinski definition) is 4. The maximum Gasteiger partial charge on any atom is 0.237 e. The highest BCUT2D eigenvalue weighted by atomic mass is 32.2. The number of amides is 2. The quantitative estimate of drug-likeness (QED) is 0.705. The van der Waals surface area contributed by atoms with E-state index in [2.05, 4.69) is 10.6 Å². The zero-order valence-electron chi connectivity index (χ0n) is 14.5. The van der Waals surface area contributed by atoms with Gasteiger partial charge in [-0.2, -0.15) is 0 Å². The first-order valence-corrected chi connectivity index (χ1v) is 10.2. The van der Waals surface area contributed by atoms with Crippen LogP contribution in [0.25, 0.3) is 0 Å². The highest BCUT2D eigenvalue weighted by Crippen LogP contribution is 2.19. The van der Waals surface area contributed by atoms with E-state index in [0.29, 0.717) is 0 Å². The van der Waals surface area contributed by atoms with Crippen molar-refractivity contribution in [2.45, 2.75) is 24.0 Å². The molecule has 4 nitrogen and oxygen atoms in total. The molecule has 0 bridgehead atoms. The van der Waals surface area contributed by atoms with E-state index in [9.17, 15) is 9.59 Å². The molecule has 2 rings (SSSR count). The Morgan fingerprint density at radius 3 is 2.12 bits per heavy atom. The SMILES string of the molecule is CSc1ccc(NC(=O)[C@@H](C)SCC(=O)Nc2ccc(C)cc2)cc1. The Morgan fingerprint density at radius 1 is 0.960 bits per heavy atom. The molecular formula is C19H22N2O2S2. The first-order chi connectivity index (χ1) is 12.0. The molecule has 0 fully saturated rings. The van der Waals surface area contributed by atoms with Crippen LogP contribution in [-0.4, -0.2) is 29.1 Å². The van der Waals surface area contributed by atoms with Crippen LogP contribution in [0, 0.1) is 6.92 Å². The van der Waals surface area contributed by atoms with Crippen molar-refractivity contribution < 1.29 is 9.59 Å². The Bertz CT molecular complexity index is 715. The zero-order valence-corrected chi connectivity index (χ0v) is 16.2. The highest BCUT2D eigenvalue weighted by molar-refractivity contribution is 8.01. The van der Waals surface area contributed by atoms with Gasteiger partial charge in [-0.05, 0) is 56.5 Å². The Hall–Kier alpha value is -1.92. The minimum absolute atomic E-state index is 0.106. The normalized spacial score (nSPS) is 11.6. The fourth-order valence-corrected chi connectivity index (χ4v) is 3.12. The van der Waals surface area contributed by atoms with Crippen molar-refractivity contribution in [2.75, 3.05) is 22.6 Å². The van der Waals surface area contributed by atoms with E-state index in [1.807, 2.05) is 61.7 Å². The van der Waals surface area contributed by atoms with Gasteiger partial charge in [0, 0.05) is 16.3 Å². The molecule has 132 valence electrons. The third kappa shape index (κ3) is 6.48. The van der Waals surface area contributed by atoms with E-state index in [4.69, 9.17) is 0 Å². The average molecular weight is 375 g/mol. The molecule has 6 heteroatoms. The number of nitrogens with one attached hydrogen (secondary N) is 2. The van der Waals surface area contributed by atoms with Crippen LogP contribution in [0.1, 0.15) is 12.5 Å². The maximum atomic E-state index is 12.2. The van der Waals surface area contributed by atoms with E-state index in [1.165, 1.54) is 11.8 Å². The predicted octanol–water partition coefficient (Wildman–Crippen LogP) is 4.42. The number of thioether (sulfide) groups is 2. The molecule has 2 aromatic carbocycles. The van der Waals surface area contributed by atoms with Gasteiger partial charge in [-0.25, -0.2) is 0 Å². The lowest BCUT2D eigenvalue weighted by atomic mass is 10.2. The van der Waals surface area contributed by atoms with Crippen molar-refractivity contribution in [1.29, 1.82) is 0 Å². The van der Waals surface area contributed by atoms with Crippen molar-refractivity contribution in [3.8, 4) is 0 Å². The van der Waals surface area contributed by atoms with Gasteiger partial charge in [0.2, 0.25) is 11.8 Å². The molecule has 0 unspecified atom stereocenters. The van der Waals surface area contributed by atoms with Gasteiger partial charge in [0.15, 0.2) is 0 Å². The maximum absolute atomic E-state index is 12.2. The molecular weight excluding hydrogens is 352 g/mol. The van der Waals surface area contributed by atoms with E-state index in [-0.39, 0.29) is 22.8 Å². The smallest absolute Gasteiger partial charge is 0.237 e. The van der Waals surface area contributed by atoms with Gasteiger partial charge in [-0.1, -0.05) is 17.7 Å². The highest BCUT2D eigenvalue weighted by Gasteiger charge is 2.15. The largest absolute Gasteiger partial charge is 0.325 e. The van der Waals surface area contributed by atoms with Crippen molar-refractivity contribution in [2.24, 2.45) is 0 Å². The summed E-state index contributed by atoms with van der Waals surface area (Å²) in [7, 11) is 0. The van der Waals surface area contributed by atoms with E-state index in [0.717, 1.165) is 21.8 Å². The van der Waals surface area contributed by atoms with Crippen LogP contribution in [0.3, 0.4) is 0 Å². The van der Waals surface area contributed by atoms with Gasteiger partial charge < -0.3 is 10.6 Å². The van der Waals surface area contributed by atoms with E-state index >= 15 is 0 Å². The zero-order chi connectivity index (χ0) is 18.2. The second-order valence-corrected chi connectivity index (χ2v) is 7.79. The Balaban J connectivity index is 1.77. The molecule has 0 saturated heterocycles.